The van der Waals surface area contributed by atoms with Crippen molar-refractivity contribution in [1.82, 2.24) is 29.5 Å². The van der Waals surface area contributed by atoms with Gasteiger partial charge in [0, 0.05) is 23.9 Å². The molecule has 27 heavy (non-hydrogen) atoms. The lowest BCUT2D eigenvalue weighted by molar-refractivity contribution is 0.590. The highest BCUT2D eigenvalue weighted by atomic mass is 16.1. The molecule has 0 unspecified atom stereocenters. The molecule has 3 heterocycles. The van der Waals surface area contributed by atoms with E-state index in [-0.39, 0.29) is 16.9 Å². The quantitative estimate of drug-likeness (QED) is 0.516. The van der Waals surface area contributed by atoms with Crippen LogP contribution in [0.15, 0.2) is 41.6 Å². The molecule has 4 rings (SSSR count). The number of imidazole rings is 1. The molecule has 8 nitrogen and oxygen atoms in total. The lowest BCUT2D eigenvalue weighted by atomic mass is 9.87. The average molecular weight is 363 g/mol. The van der Waals surface area contributed by atoms with E-state index in [1.54, 1.807) is 12.5 Å². The lowest BCUT2D eigenvalue weighted by Gasteiger charge is -2.19. The standard InChI is InChI=1S/C19H21N7O/c1-19(2,3)12-6-4-11(5-7-12)15-23-16-14(8-13-9-21-10-22-13)17(27)25-26(16)18(20)24-15/h4-7,9-10H,8H2,1-3H3,(H,21,22)(H,25,27)(H2,20,23,24). The van der Waals surface area contributed by atoms with Crippen molar-refractivity contribution >= 4 is 11.6 Å². The molecule has 0 bridgehead atoms. The zero-order valence-corrected chi connectivity index (χ0v) is 15.4. The maximum Gasteiger partial charge on any atom is 0.270 e. The van der Waals surface area contributed by atoms with Crippen LogP contribution in [0.2, 0.25) is 0 Å². The fourth-order valence-electron chi connectivity index (χ4n) is 3.01. The number of anilines is 1. The number of nitrogens with two attached hydrogens (primary N) is 1. The van der Waals surface area contributed by atoms with Gasteiger partial charge in [-0.25, -0.2) is 14.5 Å². The van der Waals surface area contributed by atoms with E-state index < -0.39 is 0 Å². The van der Waals surface area contributed by atoms with Gasteiger partial charge in [-0.15, -0.1) is 0 Å². The molecule has 0 aliphatic carbocycles. The number of nitrogens with one attached hydrogen (secondary N) is 2. The van der Waals surface area contributed by atoms with Crippen LogP contribution in [0.5, 0.6) is 0 Å². The van der Waals surface area contributed by atoms with Crippen LogP contribution in [0.3, 0.4) is 0 Å². The van der Waals surface area contributed by atoms with E-state index in [9.17, 15) is 4.79 Å². The van der Waals surface area contributed by atoms with Crippen molar-refractivity contribution in [3.63, 3.8) is 0 Å². The van der Waals surface area contributed by atoms with Crippen LogP contribution in [0, 0.1) is 0 Å². The van der Waals surface area contributed by atoms with E-state index in [4.69, 9.17) is 5.73 Å². The first-order valence-electron chi connectivity index (χ1n) is 8.68. The van der Waals surface area contributed by atoms with Crippen molar-refractivity contribution in [1.29, 1.82) is 0 Å². The second-order valence-corrected chi connectivity index (χ2v) is 7.56. The lowest BCUT2D eigenvalue weighted by Crippen LogP contribution is -2.10. The molecule has 0 aliphatic rings. The van der Waals surface area contributed by atoms with Gasteiger partial charge in [0.25, 0.3) is 5.56 Å². The molecule has 0 spiro atoms. The zero-order valence-electron chi connectivity index (χ0n) is 15.4. The molecule has 3 aromatic heterocycles. The summed E-state index contributed by atoms with van der Waals surface area (Å²) in [6.07, 6.45) is 3.64. The number of nitrogens with zero attached hydrogens (tertiary/aromatic N) is 4. The molecular formula is C19H21N7O. The summed E-state index contributed by atoms with van der Waals surface area (Å²) in [6.45, 7) is 6.49. The van der Waals surface area contributed by atoms with Crippen LogP contribution in [0.25, 0.3) is 17.0 Å². The molecule has 8 heteroatoms. The molecule has 4 aromatic rings. The third-order valence-corrected chi connectivity index (χ3v) is 4.56. The molecule has 0 fully saturated rings. The molecule has 138 valence electrons. The summed E-state index contributed by atoms with van der Waals surface area (Å²) in [5.74, 6) is 0.667. The predicted octanol–water partition coefficient (Wildman–Crippen LogP) is 2.28. The van der Waals surface area contributed by atoms with E-state index in [1.807, 2.05) is 12.1 Å². The maximum absolute atomic E-state index is 12.4. The van der Waals surface area contributed by atoms with E-state index >= 15 is 0 Å². The summed E-state index contributed by atoms with van der Waals surface area (Å²) in [5.41, 5.74) is 9.76. The smallest absolute Gasteiger partial charge is 0.270 e. The largest absolute Gasteiger partial charge is 0.368 e. The van der Waals surface area contributed by atoms with Crippen molar-refractivity contribution < 1.29 is 0 Å². The summed E-state index contributed by atoms with van der Waals surface area (Å²) in [5, 5.41) is 2.69. The van der Waals surface area contributed by atoms with Crippen molar-refractivity contribution in [3.8, 4) is 11.4 Å². The summed E-state index contributed by atoms with van der Waals surface area (Å²) in [7, 11) is 0. The van der Waals surface area contributed by atoms with Crippen molar-refractivity contribution in [3.05, 3.63) is 64.0 Å². The number of aromatic amines is 2. The van der Waals surface area contributed by atoms with Crippen LogP contribution in [-0.4, -0.2) is 29.5 Å². The molecular weight excluding hydrogens is 342 g/mol. The minimum absolute atomic E-state index is 0.0631. The number of nitrogen functional groups attached to an aromatic ring is 1. The van der Waals surface area contributed by atoms with Gasteiger partial charge in [-0.1, -0.05) is 45.0 Å². The Kier molecular flexibility index (Phi) is 3.83. The summed E-state index contributed by atoms with van der Waals surface area (Å²) >= 11 is 0. The molecule has 0 saturated heterocycles. The van der Waals surface area contributed by atoms with E-state index in [1.165, 1.54) is 10.1 Å². The Balaban J connectivity index is 1.82. The second-order valence-electron chi connectivity index (χ2n) is 7.56. The fourth-order valence-corrected chi connectivity index (χ4v) is 3.01. The topological polar surface area (TPSA) is 118 Å². The SMILES string of the molecule is CC(C)(C)c1ccc(-c2nc(N)n3[nH]c(=O)c(Cc4cnc[nH]4)c3n2)cc1. The van der Waals surface area contributed by atoms with E-state index in [0.717, 1.165) is 11.3 Å². The third kappa shape index (κ3) is 3.10. The monoisotopic (exact) mass is 363 g/mol. The van der Waals surface area contributed by atoms with Crippen LogP contribution >= 0.6 is 0 Å². The van der Waals surface area contributed by atoms with Gasteiger partial charge >= 0.3 is 0 Å². The number of rotatable bonds is 3. The highest BCUT2D eigenvalue weighted by Crippen LogP contribution is 2.25. The van der Waals surface area contributed by atoms with Crippen molar-refractivity contribution in [2.75, 3.05) is 5.73 Å². The van der Waals surface area contributed by atoms with Gasteiger partial charge in [-0.2, -0.15) is 4.98 Å². The Hall–Kier alpha value is -3.42. The predicted molar refractivity (Wildman–Crippen MR) is 104 cm³/mol. The van der Waals surface area contributed by atoms with Gasteiger partial charge in [-0.05, 0) is 11.0 Å². The molecule has 0 aliphatic heterocycles. The van der Waals surface area contributed by atoms with Gasteiger partial charge in [-0.3, -0.25) is 9.89 Å². The highest BCUT2D eigenvalue weighted by molar-refractivity contribution is 5.62. The zero-order chi connectivity index (χ0) is 19.2. The van der Waals surface area contributed by atoms with E-state index in [2.05, 4.69) is 57.9 Å². The summed E-state index contributed by atoms with van der Waals surface area (Å²) in [4.78, 5) is 28.3. The molecule has 1 aromatic carbocycles. The van der Waals surface area contributed by atoms with Gasteiger partial charge in [0.1, 0.15) is 0 Å². The van der Waals surface area contributed by atoms with Crippen molar-refractivity contribution in [2.24, 2.45) is 0 Å². The number of hydrogen-bond acceptors (Lipinski definition) is 5. The third-order valence-electron chi connectivity index (χ3n) is 4.56. The van der Waals surface area contributed by atoms with Crippen molar-refractivity contribution in [2.45, 2.75) is 32.6 Å². The second kappa shape index (κ2) is 6.08. The Bertz CT molecular complexity index is 1150. The van der Waals surface area contributed by atoms with Gasteiger partial charge < -0.3 is 10.7 Å². The van der Waals surface area contributed by atoms with E-state index in [0.29, 0.717) is 23.5 Å². The molecule has 0 radical (unpaired) electrons. The minimum atomic E-state index is -0.245. The number of H-pyrrole nitrogens is 2. The first-order valence-corrected chi connectivity index (χ1v) is 8.68. The molecule has 4 N–H and O–H groups in total. The fraction of sp³-hybridized carbons (Fsp3) is 0.263. The number of fused-ring (bicyclic) bond motifs is 1. The Morgan fingerprint density at radius 2 is 1.89 bits per heavy atom. The Morgan fingerprint density at radius 3 is 2.52 bits per heavy atom. The molecule has 0 atom stereocenters. The Labute approximate surface area is 155 Å². The van der Waals surface area contributed by atoms with Gasteiger partial charge in [0.15, 0.2) is 11.5 Å². The number of benzene rings is 1. The first-order chi connectivity index (χ1) is 12.8. The minimum Gasteiger partial charge on any atom is -0.368 e. The van der Waals surface area contributed by atoms with Crippen LogP contribution in [0.4, 0.5) is 5.95 Å². The number of aromatic nitrogens is 6. The summed E-state index contributed by atoms with van der Waals surface area (Å²) in [6, 6.07) is 8.08. The number of hydrogen-bond donors (Lipinski definition) is 3. The normalized spacial score (nSPS) is 12.0. The first kappa shape index (κ1) is 17.0. The van der Waals surface area contributed by atoms with Crippen LogP contribution in [0.1, 0.15) is 37.6 Å². The highest BCUT2D eigenvalue weighted by Gasteiger charge is 2.17. The van der Waals surface area contributed by atoms with Gasteiger partial charge in [0.05, 0.1) is 11.9 Å². The Morgan fingerprint density at radius 1 is 1.15 bits per heavy atom. The average Bonchev–Trinajstić information content (AvgIpc) is 3.24. The summed E-state index contributed by atoms with van der Waals surface area (Å²) < 4.78 is 1.42. The molecule has 0 saturated carbocycles. The van der Waals surface area contributed by atoms with Crippen LogP contribution in [-0.2, 0) is 11.8 Å². The van der Waals surface area contributed by atoms with Gasteiger partial charge in [0.2, 0.25) is 5.95 Å². The maximum atomic E-state index is 12.4. The van der Waals surface area contributed by atoms with Crippen LogP contribution < -0.4 is 11.3 Å². The molecule has 0 amide bonds.